The number of imide groups is 2. The van der Waals surface area contributed by atoms with E-state index < -0.39 is 30.4 Å². The van der Waals surface area contributed by atoms with Crippen LogP contribution in [0, 0.1) is 0 Å². The van der Waals surface area contributed by atoms with Crippen molar-refractivity contribution in [2.45, 2.75) is 13.3 Å². The number of hydrogen-bond acceptors (Lipinski definition) is 7. The minimum Gasteiger partial charge on any atom is -0.493 e. The molecule has 10 nitrogen and oxygen atoms in total. The number of carbonyl (C=O) groups is 4. The molecule has 13 heteroatoms. The summed E-state index contributed by atoms with van der Waals surface area (Å²) < 4.78 is 16.5. The standard InChI is InChI=1S/C29H24Cl3N3O7/c1-3-10-41-23-9-8-17(14-24(23)40-2)35-28(38)18(27(37)34-29(35)39)11-16-12-20(31)26(21(32)13-16)42-15-25(36)33-22-7-5-4-6-19(22)30/h4-9,11-14H,3,10,15H2,1-2H3,(H,33,36)(H,34,37,39)/b18-11-. The molecule has 1 fully saturated rings. The van der Waals surface area contributed by atoms with Crippen LogP contribution in [0.15, 0.2) is 60.2 Å². The van der Waals surface area contributed by atoms with Crippen LogP contribution in [0.1, 0.15) is 18.9 Å². The number of ether oxygens (including phenoxy) is 3. The van der Waals surface area contributed by atoms with Gasteiger partial charge in [0.25, 0.3) is 17.7 Å². The van der Waals surface area contributed by atoms with E-state index in [2.05, 4.69) is 10.6 Å². The van der Waals surface area contributed by atoms with E-state index >= 15 is 0 Å². The molecule has 0 spiro atoms. The number of barbiturate groups is 1. The fourth-order valence-electron chi connectivity index (χ4n) is 3.87. The van der Waals surface area contributed by atoms with Crippen LogP contribution in [0.4, 0.5) is 16.2 Å². The molecular weight excluding hydrogens is 609 g/mol. The molecule has 0 aliphatic carbocycles. The van der Waals surface area contributed by atoms with Crippen molar-refractivity contribution < 1.29 is 33.4 Å². The number of carbonyl (C=O) groups excluding carboxylic acids is 4. The van der Waals surface area contributed by atoms with Crippen LogP contribution >= 0.6 is 34.8 Å². The zero-order chi connectivity index (χ0) is 30.4. The minimum atomic E-state index is -0.929. The lowest BCUT2D eigenvalue weighted by Crippen LogP contribution is -2.54. The molecule has 0 bridgehead atoms. The zero-order valence-corrected chi connectivity index (χ0v) is 24.6. The van der Waals surface area contributed by atoms with Gasteiger partial charge in [-0.3, -0.25) is 19.7 Å². The van der Waals surface area contributed by atoms with Crippen molar-refractivity contribution >= 4 is 76.0 Å². The third-order valence-electron chi connectivity index (χ3n) is 5.80. The van der Waals surface area contributed by atoms with E-state index in [1.807, 2.05) is 6.92 Å². The predicted molar refractivity (Wildman–Crippen MR) is 160 cm³/mol. The van der Waals surface area contributed by atoms with Gasteiger partial charge in [0.2, 0.25) is 0 Å². The number of benzene rings is 3. The number of urea groups is 1. The van der Waals surface area contributed by atoms with Crippen LogP contribution in [0.5, 0.6) is 17.2 Å². The second kappa shape index (κ2) is 13.6. The fourth-order valence-corrected chi connectivity index (χ4v) is 4.67. The highest BCUT2D eigenvalue weighted by atomic mass is 35.5. The van der Waals surface area contributed by atoms with Gasteiger partial charge in [-0.2, -0.15) is 0 Å². The quantitative estimate of drug-likeness (QED) is 0.204. The lowest BCUT2D eigenvalue weighted by Gasteiger charge is -2.27. The molecule has 5 amide bonds. The molecule has 4 rings (SSSR count). The van der Waals surface area contributed by atoms with Gasteiger partial charge in [0.15, 0.2) is 23.9 Å². The Morgan fingerprint density at radius 2 is 1.67 bits per heavy atom. The number of para-hydroxylation sites is 1. The topological polar surface area (TPSA) is 123 Å². The van der Waals surface area contributed by atoms with Gasteiger partial charge in [-0.05, 0) is 54.5 Å². The Balaban J connectivity index is 1.54. The molecular formula is C29H24Cl3N3O7. The number of hydrogen-bond donors (Lipinski definition) is 2. The minimum absolute atomic E-state index is 0.0171. The second-order valence-corrected chi connectivity index (χ2v) is 9.99. The summed E-state index contributed by atoms with van der Waals surface area (Å²) in [5, 5.41) is 5.16. The molecule has 42 heavy (non-hydrogen) atoms. The van der Waals surface area contributed by atoms with E-state index in [1.165, 1.54) is 37.5 Å². The first-order valence-corrected chi connectivity index (χ1v) is 13.6. The largest absolute Gasteiger partial charge is 0.493 e. The van der Waals surface area contributed by atoms with Gasteiger partial charge in [-0.1, -0.05) is 53.9 Å². The Labute approximate surface area is 256 Å². The summed E-state index contributed by atoms with van der Waals surface area (Å²) in [6.07, 6.45) is 2.01. The van der Waals surface area contributed by atoms with Crippen molar-refractivity contribution in [3.8, 4) is 17.2 Å². The van der Waals surface area contributed by atoms with Crippen LogP contribution in [0.3, 0.4) is 0 Å². The molecule has 1 aliphatic heterocycles. The summed E-state index contributed by atoms with van der Waals surface area (Å²) in [4.78, 5) is 51.8. The molecule has 1 heterocycles. The summed E-state index contributed by atoms with van der Waals surface area (Å²) in [5.74, 6) is -1.52. The molecule has 0 aromatic heterocycles. The molecule has 1 aliphatic rings. The van der Waals surface area contributed by atoms with E-state index in [0.29, 0.717) is 28.8 Å². The first-order valence-electron chi connectivity index (χ1n) is 12.5. The summed E-state index contributed by atoms with van der Waals surface area (Å²) in [6.45, 7) is 1.98. The number of anilines is 2. The van der Waals surface area contributed by atoms with Crippen molar-refractivity contribution in [1.82, 2.24) is 5.32 Å². The highest BCUT2D eigenvalue weighted by Gasteiger charge is 2.37. The van der Waals surface area contributed by atoms with Crippen LogP contribution < -0.4 is 29.7 Å². The number of nitrogens with one attached hydrogen (secondary N) is 2. The van der Waals surface area contributed by atoms with Gasteiger partial charge in [-0.15, -0.1) is 0 Å². The van der Waals surface area contributed by atoms with Gasteiger partial charge in [-0.25, -0.2) is 9.69 Å². The molecule has 0 radical (unpaired) electrons. The Bertz CT molecular complexity index is 1570. The van der Waals surface area contributed by atoms with Crippen LogP contribution in [0.2, 0.25) is 15.1 Å². The van der Waals surface area contributed by atoms with Crippen LogP contribution in [0.25, 0.3) is 6.08 Å². The molecule has 2 N–H and O–H groups in total. The third kappa shape index (κ3) is 6.96. The van der Waals surface area contributed by atoms with Crippen molar-refractivity contribution in [3.63, 3.8) is 0 Å². The average molecular weight is 633 g/mol. The Morgan fingerprint density at radius 3 is 2.33 bits per heavy atom. The maximum atomic E-state index is 13.4. The Hall–Kier alpha value is -4.25. The second-order valence-electron chi connectivity index (χ2n) is 8.77. The summed E-state index contributed by atoms with van der Waals surface area (Å²) >= 11 is 18.8. The normalized spacial score (nSPS) is 14.1. The van der Waals surface area contributed by atoms with Crippen LogP contribution in [-0.2, 0) is 14.4 Å². The number of rotatable bonds is 10. The van der Waals surface area contributed by atoms with Gasteiger partial charge < -0.3 is 19.5 Å². The molecule has 0 atom stereocenters. The Kier molecular flexibility index (Phi) is 9.95. The first-order chi connectivity index (χ1) is 20.1. The van der Waals surface area contributed by atoms with Crippen molar-refractivity contribution in [2.75, 3.05) is 30.5 Å². The van der Waals surface area contributed by atoms with Crippen LogP contribution in [-0.4, -0.2) is 44.1 Å². The van der Waals surface area contributed by atoms with E-state index in [-0.39, 0.29) is 32.6 Å². The summed E-state index contributed by atoms with van der Waals surface area (Å²) in [7, 11) is 1.43. The monoisotopic (exact) mass is 631 g/mol. The van der Waals surface area contributed by atoms with Gasteiger partial charge in [0.05, 0.1) is 40.2 Å². The lowest BCUT2D eigenvalue weighted by atomic mass is 10.1. The highest BCUT2D eigenvalue weighted by molar-refractivity contribution is 6.40. The highest BCUT2D eigenvalue weighted by Crippen LogP contribution is 2.36. The van der Waals surface area contributed by atoms with Crippen molar-refractivity contribution in [3.05, 3.63) is 80.8 Å². The van der Waals surface area contributed by atoms with Crippen molar-refractivity contribution in [1.29, 1.82) is 0 Å². The zero-order valence-electron chi connectivity index (χ0n) is 22.3. The number of amides is 5. The van der Waals surface area contributed by atoms with E-state index in [9.17, 15) is 19.2 Å². The molecule has 3 aromatic carbocycles. The molecule has 0 saturated carbocycles. The van der Waals surface area contributed by atoms with Gasteiger partial charge in [0.1, 0.15) is 5.57 Å². The Morgan fingerprint density at radius 1 is 0.952 bits per heavy atom. The van der Waals surface area contributed by atoms with E-state index in [0.717, 1.165) is 11.3 Å². The molecule has 3 aromatic rings. The fraction of sp³-hybridized carbons (Fsp3) is 0.172. The molecule has 218 valence electrons. The lowest BCUT2D eigenvalue weighted by molar-refractivity contribution is -0.122. The molecule has 0 unspecified atom stereocenters. The average Bonchev–Trinajstić information content (AvgIpc) is 2.95. The maximum Gasteiger partial charge on any atom is 0.335 e. The third-order valence-corrected chi connectivity index (χ3v) is 6.69. The number of halogens is 3. The SMILES string of the molecule is CCCOc1ccc(N2C(=O)NC(=O)/C(=C/c3cc(Cl)c(OCC(=O)Nc4ccccc4Cl)c(Cl)c3)C2=O)cc1OC. The van der Waals surface area contributed by atoms with Gasteiger partial charge in [0, 0.05) is 6.07 Å². The summed E-state index contributed by atoms with van der Waals surface area (Å²) in [5.41, 5.74) is 0.493. The smallest absolute Gasteiger partial charge is 0.335 e. The van der Waals surface area contributed by atoms with E-state index in [4.69, 9.17) is 49.0 Å². The van der Waals surface area contributed by atoms with Crippen molar-refractivity contribution in [2.24, 2.45) is 0 Å². The number of methoxy groups -OCH3 is 1. The molecule has 1 saturated heterocycles. The maximum absolute atomic E-state index is 13.4. The predicted octanol–water partition coefficient (Wildman–Crippen LogP) is 6.13. The number of nitrogens with zero attached hydrogens (tertiary/aromatic N) is 1. The van der Waals surface area contributed by atoms with Gasteiger partial charge >= 0.3 is 6.03 Å². The first kappa shape index (κ1) is 30.7. The summed E-state index contributed by atoms with van der Waals surface area (Å²) in [6, 6.07) is 13.1. The van der Waals surface area contributed by atoms with E-state index in [1.54, 1.807) is 30.3 Å².